The Morgan fingerprint density at radius 3 is 2.34 bits per heavy atom. The average Bonchev–Trinajstić information content (AvgIpc) is 2.81. The second-order valence-electron chi connectivity index (χ2n) is 7.90. The second kappa shape index (κ2) is 13.1. The highest BCUT2D eigenvalue weighted by Crippen LogP contribution is 2.19. The van der Waals surface area contributed by atoms with E-state index in [1.165, 1.54) is 5.69 Å². The monoisotopic (exact) mass is 551 g/mol. The summed E-state index contributed by atoms with van der Waals surface area (Å²) < 4.78 is 5.22. The van der Waals surface area contributed by atoms with E-state index >= 15 is 0 Å². The molecule has 1 fully saturated rings. The fourth-order valence-corrected chi connectivity index (χ4v) is 3.49. The van der Waals surface area contributed by atoms with Crippen LogP contribution in [0.15, 0.2) is 59.6 Å². The van der Waals surface area contributed by atoms with Gasteiger partial charge in [-0.25, -0.2) is 4.99 Å². The second-order valence-corrected chi connectivity index (χ2v) is 7.90. The Balaban J connectivity index is 0.00000363. The predicted octanol–water partition coefficient (Wildman–Crippen LogP) is 3.11. The fourth-order valence-electron chi connectivity index (χ4n) is 3.49. The normalized spacial score (nSPS) is 14.3. The van der Waals surface area contributed by atoms with Crippen molar-refractivity contribution in [2.45, 2.75) is 25.4 Å². The number of para-hydroxylation sites is 1. The van der Waals surface area contributed by atoms with E-state index in [-0.39, 0.29) is 36.4 Å². The first-order valence-electron chi connectivity index (χ1n) is 10.7. The van der Waals surface area contributed by atoms with E-state index in [0.717, 1.165) is 37.2 Å². The Labute approximate surface area is 208 Å². The van der Waals surface area contributed by atoms with Crippen molar-refractivity contribution >= 4 is 41.5 Å². The molecule has 2 aromatic carbocycles. The summed E-state index contributed by atoms with van der Waals surface area (Å²) in [6.45, 7) is 2.72. The van der Waals surface area contributed by atoms with Crippen LogP contribution in [0.1, 0.15) is 18.4 Å². The molecule has 32 heavy (non-hydrogen) atoms. The van der Waals surface area contributed by atoms with Crippen LogP contribution in [-0.4, -0.2) is 63.6 Å². The van der Waals surface area contributed by atoms with Gasteiger partial charge in [0.2, 0.25) is 5.91 Å². The number of aliphatic imine (C=N–C) groups is 1. The molecule has 2 aromatic rings. The van der Waals surface area contributed by atoms with E-state index in [1.807, 2.05) is 30.3 Å². The number of ether oxygens (including phenoxy) is 1. The van der Waals surface area contributed by atoms with Crippen LogP contribution >= 0.6 is 24.0 Å². The summed E-state index contributed by atoms with van der Waals surface area (Å²) in [5.41, 5.74) is 2.35. The Hall–Kier alpha value is -2.49. The smallest absolute Gasteiger partial charge is 0.241 e. The Morgan fingerprint density at radius 2 is 1.75 bits per heavy atom. The van der Waals surface area contributed by atoms with Crippen LogP contribution in [0.3, 0.4) is 0 Å². The highest BCUT2D eigenvalue weighted by Gasteiger charge is 2.20. The number of piperidine rings is 1. The molecule has 0 aromatic heterocycles. The third-order valence-corrected chi connectivity index (χ3v) is 5.44. The molecule has 1 aliphatic rings. The van der Waals surface area contributed by atoms with E-state index in [9.17, 15) is 4.79 Å². The van der Waals surface area contributed by atoms with Crippen molar-refractivity contribution < 1.29 is 9.53 Å². The number of nitrogens with one attached hydrogen (secondary N) is 2. The molecular weight excluding hydrogens is 517 g/mol. The van der Waals surface area contributed by atoms with Gasteiger partial charge in [0.05, 0.1) is 20.2 Å². The van der Waals surface area contributed by atoms with Gasteiger partial charge in [-0.15, -0.1) is 24.0 Å². The SMILES string of the molecule is COc1ccc(CN=C(NCC(=O)N(C)C)NC2CCN(c3ccccc3)CC2)cc1.I. The lowest BCUT2D eigenvalue weighted by Gasteiger charge is -2.34. The lowest BCUT2D eigenvalue weighted by molar-refractivity contribution is -0.127. The molecule has 1 aliphatic heterocycles. The number of anilines is 1. The number of hydrogen-bond donors (Lipinski definition) is 2. The number of amides is 1. The van der Waals surface area contributed by atoms with Gasteiger partial charge in [0, 0.05) is 38.9 Å². The molecule has 0 aliphatic carbocycles. The van der Waals surface area contributed by atoms with Crippen molar-refractivity contribution in [2.75, 3.05) is 45.7 Å². The third-order valence-electron chi connectivity index (χ3n) is 5.44. The summed E-state index contributed by atoms with van der Waals surface area (Å²) >= 11 is 0. The number of guanidine groups is 1. The lowest BCUT2D eigenvalue weighted by atomic mass is 10.0. The quantitative estimate of drug-likeness (QED) is 0.315. The van der Waals surface area contributed by atoms with Crippen LogP contribution in [0.25, 0.3) is 0 Å². The van der Waals surface area contributed by atoms with E-state index < -0.39 is 0 Å². The van der Waals surface area contributed by atoms with Gasteiger partial charge in [0.25, 0.3) is 0 Å². The minimum Gasteiger partial charge on any atom is -0.497 e. The predicted molar refractivity (Wildman–Crippen MR) is 141 cm³/mol. The molecule has 0 radical (unpaired) electrons. The molecule has 1 saturated heterocycles. The van der Waals surface area contributed by atoms with Crippen LogP contribution < -0.4 is 20.3 Å². The van der Waals surface area contributed by atoms with Crippen molar-refractivity contribution in [2.24, 2.45) is 4.99 Å². The first kappa shape index (κ1) is 25.8. The van der Waals surface area contributed by atoms with Gasteiger partial charge < -0.3 is 25.2 Å². The zero-order valence-electron chi connectivity index (χ0n) is 19.1. The third kappa shape index (κ3) is 7.89. The van der Waals surface area contributed by atoms with Crippen LogP contribution in [0, 0.1) is 0 Å². The first-order valence-corrected chi connectivity index (χ1v) is 10.7. The topological polar surface area (TPSA) is 69.2 Å². The molecule has 0 unspecified atom stereocenters. The Morgan fingerprint density at radius 1 is 1.09 bits per heavy atom. The number of methoxy groups -OCH3 is 1. The summed E-state index contributed by atoms with van der Waals surface area (Å²) in [6.07, 6.45) is 2.03. The van der Waals surface area contributed by atoms with E-state index in [2.05, 4.69) is 39.8 Å². The molecule has 0 saturated carbocycles. The number of nitrogens with zero attached hydrogens (tertiary/aromatic N) is 3. The summed E-state index contributed by atoms with van der Waals surface area (Å²) in [6, 6.07) is 18.7. The Kier molecular flexibility index (Phi) is 10.6. The molecule has 0 bridgehead atoms. The molecule has 0 atom stereocenters. The summed E-state index contributed by atoms with van der Waals surface area (Å²) in [5, 5.41) is 6.73. The van der Waals surface area contributed by atoms with Crippen molar-refractivity contribution in [3.05, 3.63) is 60.2 Å². The van der Waals surface area contributed by atoms with Gasteiger partial charge in [-0.2, -0.15) is 0 Å². The van der Waals surface area contributed by atoms with Gasteiger partial charge >= 0.3 is 0 Å². The molecule has 7 nitrogen and oxygen atoms in total. The van der Waals surface area contributed by atoms with E-state index in [0.29, 0.717) is 18.5 Å². The minimum atomic E-state index is 0. The molecule has 1 heterocycles. The Bertz CT molecular complexity index is 850. The molecular formula is C24H34IN5O2. The standard InChI is InChI=1S/C24H33N5O2.HI/c1-28(2)23(30)18-26-24(25-17-19-9-11-22(31-3)12-10-19)27-20-13-15-29(16-14-20)21-7-5-4-6-8-21;/h4-12,20H,13-18H2,1-3H3,(H2,25,26,27);1H. The van der Waals surface area contributed by atoms with Gasteiger partial charge in [-0.05, 0) is 42.7 Å². The van der Waals surface area contributed by atoms with Crippen molar-refractivity contribution in [3.63, 3.8) is 0 Å². The molecule has 1 amide bonds. The average molecular weight is 551 g/mol. The molecule has 8 heteroatoms. The van der Waals surface area contributed by atoms with Crippen LogP contribution in [0.4, 0.5) is 5.69 Å². The number of rotatable bonds is 7. The largest absolute Gasteiger partial charge is 0.497 e. The lowest BCUT2D eigenvalue weighted by Crippen LogP contribution is -2.50. The number of halogens is 1. The highest BCUT2D eigenvalue weighted by molar-refractivity contribution is 14.0. The van der Waals surface area contributed by atoms with E-state index in [1.54, 1.807) is 26.1 Å². The minimum absolute atomic E-state index is 0. The maximum atomic E-state index is 12.0. The number of carbonyl (C=O) groups is 1. The summed E-state index contributed by atoms with van der Waals surface area (Å²) in [7, 11) is 5.17. The number of benzene rings is 2. The summed E-state index contributed by atoms with van der Waals surface area (Å²) in [4.78, 5) is 20.8. The molecule has 0 spiro atoms. The van der Waals surface area contributed by atoms with Crippen molar-refractivity contribution in [1.29, 1.82) is 0 Å². The maximum absolute atomic E-state index is 12.0. The van der Waals surface area contributed by atoms with Crippen LogP contribution in [0.5, 0.6) is 5.75 Å². The molecule has 3 rings (SSSR count). The van der Waals surface area contributed by atoms with Crippen LogP contribution in [0.2, 0.25) is 0 Å². The number of carbonyl (C=O) groups excluding carboxylic acids is 1. The summed E-state index contributed by atoms with van der Waals surface area (Å²) in [5.74, 6) is 1.51. The first-order chi connectivity index (χ1) is 15.0. The van der Waals surface area contributed by atoms with Gasteiger partial charge in [-0.1, -0.05) is 30.3 Å². The van der Waals surface area contributed by atoms with Gasteiger partial charge in [0.15, 0.2) is 5.96 Å². The van der Waals surface area contributed by atoms with Crippen molar-refractivity contribution in [1.82, 2.24) is 15.5 Å². The zero-order chi connectivity index (χ0) is 22.1. The zero-order valence-corrected chi connectivity index (χ0v) is 21.4. The maximum Gasteiger partial charge on any atom is 0.241 e. The van der Waals surface area contributed by atoms with Gasteiger partial charge in [0.1, 0.15) is 5.75 Å². The number of likely N-dealkylation sites (N-methyl/N-ethyl adjacent to an activating group) is 1. The highest BCUT2D eigenvalue weighted by atomic mass is 127. The van der Waals surface area contributed by atoms with Gasteiger partial charge in [-0.3, -0.25) is 4.79 Å². The fraction of sp³-hybridized carbons (Fsp3) is 0.417. The van der Waals surface area contributed by atoms with E-state index in [4.69, 9.17) is 9.73 Å². The molecule has 174 valence electrons. The van der Waals surface area contributed by atoms with Crippen molar-refractivity contribution in [3.8, 4) is 5.75 Å². The molecule has 2 N–H and O–H groups in total. The van der Waals surface area contributed by atoms with Crippen LogP contribution in [-0.2, 0) is 11.3 Å². The number of hydrogen-bond acceptors (Lipinski definition) is 4.